The van der Waals surface area contributed by atoms with Gasteiger partial charge in [-0.3, -0.25) is 0 Å². The van der Waals surface area contributed by atoms with E-state index in [1.807, 2.05) is 0 Å². The molecule has 6 rings (SSSR count). The molecule has 0 nitrogen and oxygen atoms in total. The van der Waals surface area contributed by atoms with Gasteiger partial charge in [0.1, 0.15) is 0 Å². The monoisotopic (exact) mass is 598 g/mol. The van der Waals surface area contributed by atoms with E-state index in [-0.39, 0.29) is 0 Å². The molecule has 0 spiro atoms. The van der Waals surface area contributed by atoms with E-state index in [1.54, 1.807) is 5.31 Å². The van der Waals surface area contributed by atoms with Crippen LogP contribution in [0.5, 0.6) is 0 Å². The van der Waals surface area contributed by atoms with Gasteiger partial charge in [-0.05, 0) is 65.7 Å². The van der Waals surface area contributed by atoms with Crippen LogP contribution in [0.15, 0.2) is 175 Å². The molecule has 1 aliphatic carbocycles. The first-order valence-corrected chi connectivity index (χ1v) is 19.2. The third-order valence-electron chi connectivity index (χ3n) is 8.01. The smallest absolute Gasteiger partial charge is 0.00997 e. The SMILES string of the molecule is C[C@@H](C1C=CC=C1P(c1ccccc1)c1ccccc1)[P@@](CCP(c1ccccc1)c1ccccc1)c1ccccc1. The molecule has 1 unspecified atom stereocenters. The standard InChI is InChI=1S/C39H37P3/c1-32(38-28-17-29-39(38)42(36-24-13-5-14-25-36)37-26-15-6-16-27-37)40(33-18-7-2-8-19-33)30-31-41(34-20-9-3-10-21-34)35-22-11-4-12-23-35/h2-29,32,38H,30-31H2,1H3/t32-,38?,40+/m0/s1. The Balaban J connectivity index is 1.33. The molecular weight excluding hydrogens is 561 g/mol. The molecule has 3 heteroatoms. The Morgan fingerprint density at radius 2 is 0.905 bits per heavy atom. The van der Waals surface area contributed by atoms with E-state index in [0.29, 0.717) is 11.6 Å². The van der Waals surface area contributed by atoms with Crippen molar-refractivity contribution in [2.75, 3.05) is 12.3 Å². The van der Waals surface area contributed by atoms with Gasteiger partial charge in [-0.2, -0.15) is 0 Å². The highest BCUT2D eigenvalue weighted by molar-refractivity contribution is 7.77. The molecule has 0 saturated carbocycles. The molecule has 208 valence electrons. The highest BCUT2D eigenvalue weighted by atomic mass is 31.1. The molecule has 42 heavy (non-hydrogen) atoms. The fourth-order valence-electron chi connectivity index (χ4n) is 5.93. The second kappa shape index (κ2) is 14.4. The van der Waals surface area contributed by atoms with E-state index < -0.39 is 23.8 Å². The maximum atomic E-state index is 2.53. The maximum absolute atomic E-state index is 2.53. The van der Waals surface area contributed by atoms with Crippen LogP contribution in [0.2, 0.25) is 0 Å². The maximum Gasteiger partial charge on any atom is 0.00997 e. The van der Waals surface area contributed by atoms with Gasteiger partial charge in [-0.1, -0.05) is 185 Å². The molecule has 0 radical (unpaired) electrons. The summed E-state index contributed by atoms with van der Waals surface area (Å²) in [6.45, 7) is 2.53. The van der Waals surface area contributed by atoms with Crippen molar-refractivity contribution >= 4 is 50.3 Å². The highest BCUT2D eigenvalue weighted by Crippen LogP contribution is 2.56. The molecule has 5 aromatic carbocycles. The largest absolute Gasteiger partial charge is 0.0763 e. The summed E-state index contributed by atoms with van der Waals surface area (Å²) in [5.74, 6) is 0.433. The summed E-state index contributed by atoms with van der Waals surface area (Å²) in [6, 6.07) is 56.2. The summed E-state index contributed by atoms with van der Waals surface area (Å²) in [6.07, 6.45) is 9.69. The minimum Gasteiger partial charge on any atom is -0.0763 e. The third kappa shape index (κ3) is 6.74. The molecule has 1 aliphatic rings. The van der Waals surface area contributed by atoms with E-state index in [9.17, 15) is 0 Å². The normalized spacial score (nSPS) is 16.0. The Labute approximate surface area is 255 Å². The van der Waals surface area contributed by atoms with Gasteiger partial charge in [0.05, 0.1) is 0 Å². The van der Waals surface area contributed by atoms with Crippen LogP contribution in [0.1, 0.15) is 6.92 Å². The summed E-state index contributed by atoms with van der Waals surface area (Å²) in [5.41, 5.74) is 0.535. The Kier molecular flexibility index (Phi) is 9.90. The predicted molar refractivity (Wildman–Crippen MR) is 191 cm³/mol. The first kappa shape index (κ1) is 29.0. The second-order valence-corrected chi connectivity index (χ2v) is 17.9. The fourth-order valence-corrected chi connectivity index (χ4v) is 14.6. The summed E-state index contributed by atoms with van der Waals surface area (Å²) < 4.78 is 0. The van der Waals surface area contributed by atoms with E-state index in [1.165, 1.54) is 38.8 Å². The first-order valence-electron chi connectivity index (χ1n) is 14.8. The molecular formula is C39H37P3. The molecule has 0 aliphatic heterocycles. The minimum atomic E-state index is -0.598. The Morgan fingerprint density at radius 1 is 0.500 bits per heavy atom. The lowest BCUT2D eigenvalue weighted by atomic mass is 10.1. The molecule has 0 fully saturated rings. The Morgan fingerprint density at radius 3 is 1.36 bits per heavy atom. The number of hydrogen-bond donors (Lipinski definition) is 0. The molecule has 5 aromatic rings. The van der Waals surface area contributed by atoms with Crippen molar-refractivity contribution in [1.29, 1.82) is 0 Å². The van der Waals surface area contributed by atoms with Crippen molar-refractivity contribution < 1.29 is 0 Å². The van der Waals surface area contributed by atoms with Gasteiger partial charge < -0.3 is 0 Å². The lowest BCUT2D eigenvalue weighted by molar-refractivity contribution is 0.782. The van der Waals surface area contributed by atoms with Crippen LogP contribution in [0, 0.1) is 5.92 Å². The van der Waals surface area contributed by atoms with E-state index in [0.717, 1.165) is 0 Å². The molecule has 0 heterocycles. The molecule has 0 saturated heterocycles. The second-order valence-electron chi connectivity index (χ2n) is 10.6. The fraction of sp³-hybridized carbons (Fsp3) is 0.128. The van der Waals surface area contributed by atoms with Gasteiger partial charge in [-0.15, -0.1) is 0 Å². The van der Waals surface area contributed by atoms with Crippen molar-refractivity contribution in [2.24, 2.45) is 5.92 Å². The topological polar surface area (TPSA) is 0 Å². The summed E-state index contributed by atoms with van der Waals surface area (Å²) >= 11 is 0. The van der Waals surface area contributed by atoms with Gasteiger partial charge in [0.25, 0.3) is 0 Å². The van der Waals surface area contributed by atoms with Crippen molar-refractivity contribution in [3.05, 3.63) is 175 Å². The molecule has 3 atom stereocenters. The molecule has 0 N–H and O–H groups in total. The van der Waals surface area contributed by atoms with E-state index in [4.69, 9.17) is 0 Å². The van der Waals surface area contributed by atoms with Crippen molar-refractivity contribution in [2.45, 2.75) is 12.6 Å². The first-order chi connectivity index (χ1) is 20.8. The third-order valence-corrected chi connectivity index (χ3v) is 16.4. The zero-order valence-corrected chi connectivity index (χ0v) is 26.8. The van der Waals surface area contributed by atoms with Crippen LogP contribution in [0.25, 0.3) is 0 Å². The van der Waals surface area contributed by atoms with Crippen LogP contribution >= 0.6 is 23.8 Å². The molecule has 0 amide bonds. The highest BCUT2D eigenvalue weighted by Gasteiger charge is 2.34. The summed E-state index contributed by atoms with van der Waals surface area (Å²) in [7, 11) is -1.41. The van der Waals surface area contributed by atoms with E-state index in [2.05, 4.69) is 177 Å². The molecule has 0 aromatic heterocycles. The van der Waals surface area contributed by atoms with Crippen molar-refractivity contribution in [3.63, 3.8) is 0 Å². The lowest BCUT2D eigenvalue weighted by Crippen LogP contribution is -2.25. The van der Waals surface area contributed by atoms with Gasteiger partial charge in [0.2, 0.25) is 0 Å². The van der Waals surface area contributed by atoms with Crippen LogP contribution in [-0.2, 0) is 0 Å². The zero-order chi connectivity index (χ0) is 28.6. The summed E-state index contributed by atoms with van der Waals surface area (Å²) in [4.78, 5) is 0. The van der Waals surface area contributed by atoms with Gasteiger partial charge >= 0.3 is 0 Å². The minimum absolute atomic E-state index is 0.396. The lowest BCUT2D eigenvalue weighted by Gasteiger charge is -2.34. The number of benzene rings is 5. The quantitative estimate of drug-likeness (QED) is 0.134. The van der Waals surface area contributed by atoms with Crippen molar-refractivity contribution in [1.82, 2.24) is 0 Å². The van der Waals surface area contributed by atoms with Crippen LogP contribution in [-0.4, -0.2) is 18.0 Å². The van der Waals surface area contributed by atoms with Gasteiger partial charge in [0, 0.05) is 5.92 Å². The van der Waals surface area contributed by atoms with Crippen LogP contribution < -0.4 is 26.5 Å². The number of hydrogen-bond acceptors (Lipinski definition) is 0. The van der Waals surface area contributed by atoms with E-state index >= 15 is 0 Å². The zero-order valence-electron chi connectivity index (χ0n) is 24.1. The average Bonchev–Trinajstić information content (AvgIpc) is 3.55. The molecule has 0 bridgehead atoms. The Bertz CT molecular complexity index is 1500. The Hall–Kier alpha value is -3.13. The van der Waals surface area contributed by atoms with Gasteiger partial charge in [-0.25, -0.2) is 0 Å². The number of rotatable bonds is 11. The van der Waals surface area contributed by atoms with Gasteiger partial charge in [0.15, 0.2) is 0 Å². The van der Waals surface area contributed by atoms with Crippen LogP contribution in [0.3, 0.4) is 0 Å². The average molecular weight is 599 g/mol. The number of allylic oxidation sites excluding steroid dienone is 4. The summed E-state index contributed by atoms with van der Waals surface area (Å²) in [5, 5.41) is 8.95. The van der Waals surface area contributed by atoms with Crippen molar-refractivity contribution in [3.8, 4) is 0 Å². The van der Waals surface area contributed by atoms with Crippen LogP contribution in [0.4, 0.5) is 0 Å². The predicted octanol–water partition coefficient (Wildman–Crippen LogP) is 8.52.